The molecule has 0 spiro atoms. The highest BCUT2D eigenvalue weighted by Gasteiger charge is 2.35. The van der Waals surface area contributed by atoms with Crippen molar-refractivity contribution in [2.75, 3.05) is 52.0 Å². The van der Waals surface area contributed by atoms with Gasteiger partial charge in [0.05, 0.1) is 24.6 Å². The summed E-state index contributed by atoms with van der Waals surface area (Å²) in [5, 5.41) is 26.8. The number of fused-ring (bicyclic) bond motifs is 2. The van der Waals surface area contributed by atoms with Gasteiger partial charge in [-0.15, -0.1) is 0 Å². The van der Waals surface area contributed by atoms with Gasteiger partial charge in [-0.1, -0.05) is 12.1 Å². The minimum atomic E-state index is -0.733. The SMILES string of the molecule is COCCNC1CCc2c(ccc(O)c2N)C1OC(=O)/C=C/C(=O)OC1c2ccc(O)c(N)c2CCC1NCCOC. The molecule has 2 aromatic rings. The van der Waals surface area contributed by atoms with Crippen LogP contribution < -0.4 is 22.1 Å². The van der Waals surface area contributed by atoms with Gasteiger partial charge in [0, 0.05) is 51.5 Å². The lowest BCUT2D eigenvalue weighted by Gasteiger charge is -2.34. The molecular formula is C30H40N4O8. The zero-order valence-electron chi connectivity index (χ0n) is 23.9. The Balaban J connectivity index is 1.48. The summed E-state index contributed by atoms with van der Waals surface area (Å²) >= 11 is 0. The molecule has 4 atom stereocenters. The maximum atomic E-state index is 12.9. The number of nitrogen functional groups attached to an aromatic ring is 2. The molecule has 0 aliphatic heterocycles. The lowest BCUT2D eigenvalue weighted by Crippen LogP contribution is -2.42. The molecule has 8 N–H and O–H groups in total. The van der Waals surface area contributed by atoms with E-state index in [-0.39, 0.29) is 35.0 Å². The second-order valence-electron chi connectivity index (χ2n) is 10.4. The number of phenols is 2. The van der Waals surface area contributed by atoms with Gasteiger partial charge < -0.3 is 51.3 Å². The largest absolute Gasteiger partial charge is 0.506 e. The van der Waals surface area contributed by atoms with Crippen molar-refractivity contribution >= 4 is 23.3 Å². The van der Waals surface area contributed by atoms with E-state index in [0.717, 1.165) is 23.3 Å². The fraction of sp³-hybridized carbons (Fsp3) is 0.467. The number of hydrogen-bond donors (Lipinski definition) is 6. The number of methoxy groups -OCH3 is 2. The van der Waals surface area contributed by atoms with E-state index >= 15 is 0 Å². The Morgan fingerprint density at radius 3 is 1.57 bits per heavy atom. The van der Waals surface area contributed by atoms with E-state index in [4.69, 9.17) is 30.4 Å². The normalized spacial score (nSPS) is 21.5. The first kappa shape index (κ1) is 31.1. The van der Waals surface area contributed by atoms with Gasteiger partial charge in [-0.25, -0.2) is 9.59 Å². The number of carbonyl (C=O) groups excluding carboxylic acids is 2. The van der Waals surface area contributed by atoms with E-state index in [2.05, 4.69) is 10.6 Å². The highest BCUT2D eigenvalue weighted by Crippen LogP contribution is 2.40. The van der Waals surface area contributed by atoms with Crippen LogP contribution in [0.15, 0.2) is 36.4 Å². The lowest BCUT2D eigenvalue weighted by atomic mass is 9.84. The second-order valence-corrected chi connectivity index (χ2v) is 10.4. The molecule has 2 aromatic carbocycles. The van der Waals surface area contributed by atoms with Crippen LogP contribution in [0.3, 0.4) is 0 Å². The third-order valence-corrected chi connectivity index (χ3v) is 7.76. The first-order chi connectivity index (χ1) is 20.2. The van der Waals surface area contributed by atoms with Gasteiger partial charge >= 0.3 is 11.9 Å². The topological polar surface area (TPSA) is 188 Å². The summed E-state index contributed by atoms with van der Waals surface area (Å²) in [7, 11) is 3.21. The fourth-order valence-electron chi connectivity index (χ4n) is 5.63. The number of ether oxygens (including phenoxy) is 4. The minimum absolute atomic E-state index is 0.0245. The number of nitrogens with two attached hydrogens (primary N) is 2. The van der Waals surface area contributed by atoms with E-state index in [9.17, 15) is 19.8 Å². The molecule has 2 aliphatic rings. The van der Waals surface area contributed by atoms with E-state index in [0.29, 0.717) is 63.1 Å². The Morgan fingerprint density at radius 2 is 1.19 bits per heavy atom. The Morgan fingerprint density at radius 1 is 0.786 bits per heavy atom. The average Bonchev–Trinajstić information content (AvgIpc) is 2.98. The van der Waals surface area contributed by atoms with Crippen molar-refractivity contribution in [2.45, 2.75) is 50.0 Å². The molecule has 0 saturated heterocycles. The van der Waals surface area contributed by atoms with Crippen LogP contribution in [0, 0.1) is 0 Å². The van der Waals surface area contributed by atoms with Crippen LogP contribution in [0.1, 0.15) is 47.3 Å². The summed E-state index contributed by atoms with van der Waals surface area (Å²) < 4.78 is 21.9. The zero-order valence-corrected chi connectivity index (χ0v) is 23.9. The summed E-state index contributed by atoms with van der Waals surface area (Å²) in [5.41, 5.74) is 15.6. The molecule has 0 aromatic heterocycles. The Kier molecular flexibility index (Phi) is 10.6. The molecule has 0 heterocycles. The molecule has 0 saturated carbocycles. The van der Waals surface area contributed by atoms with Gasteiger partial charge in [0.15, 0.2) is 0 Å². The van der Waals surface area contributed by atoms with Crippen LogP contribution in [0.2, 0.25) is 0 Å². The van der Waals surface area contributed by atoms with Crippen LogP contribution in [0.5, 0.6) is 11.5 Å². The number of aromatic hydroxyl groups is 2. The molecule has 4 rings (SSSR count). The number of phenolic OH excluding ortho intramolecular Hbond substituents is 2. The molecule has 228 valence electrons. The Hall–Kier alpha value is -3.84. The summed E-state index contributed by atoms with van der Waals surface area (Å²) in [6.07, 6.45) is 3.11. The summed E-state index contributed by atoms with van der Waals surface area (Å²) in [6.45, 7) is 2.05. The number of anilines is 2. The van der Waals surface area contributed by atoms with Crippen LogP contribution >= 0.6 is 0 Å². The predicted octanol–water partition coefficient (Wildman–Crippen LogP) is 1.79. The summed E-state index contributed by atoms with van der Waals surface area (Å²) in [6, 6.07) is 5.90. The molecule has 42 heavy (non-hydrogen) atoms. The number of benzene rings is 2. The van der Waals surface area contributed by atoms with Gasteiger partial charge in [0.25, 0.3) is 0 Å². The molecule has 0 fully saturated rings. The molecule has 0 bridgehead atoms. The highest BCUT2D eigenvalue weighted by molar-refractivity contribution is 5.92. The lowest BCUT2D eigenvalue weighted by molar-refractivity contribution is -0.148. The standard InChI is InChI=1S/C30H40N4O8/c1-39-15-13-33-21-7-3-17-19(5-9-23(35)27(17)31)29(21)41-25(37)11-12-26(38)42-30-20-6-10-24(36)28(32)18(20)4-8-22(30)34-14-16-40-2/h5-6,9-12,21-22,29-30,33-36H,3-4,7-8,13-16,31-32H2,1-2H3/b12-11+. The van der Waals surface area contributed by atoms with Crippen molar-refractivity contribution in [1.82, 2.24) is 10.6 Å². The number of nitrogens with one attached hydrogen (secondary N) is 2. The summed E-state index contributed by atoms with van der Waals surface area (Å²) in [4.78, 5) is 25.9. The number of hydrogen-bond acceptors (Lipinski definition) is 12. The first-order valence-corrected chi connectivity index (χ1v) is 14.0. The molecule has 0 radical (unpaired) electrons. The third-order valence-electron chi connectivity index (χ3n) is 7.76. The maximum Gasteiger partial charge on any atom is 0.331 e. The van der Waals surface area contributed by atoms with Gasteiger partial charge in [-0.2, -0.15) is 0 Å². The third kappa shape index (κ3) is 7.13. The van der Waals surface area contributed by atoms with E-state index in [1.807, 2.05) is 0 Å². The van der Waals surface area contributed by atoms with Crippen LogP contribution in [-0.4, -0.2) is 74.8 Å². The van der Waals surface area contributed by atoms with Gasteiger partial charge in [-0.3, -0.25) is 0 Å². The van der Waals surface area contributed by atoms with Crippen molar-refractivity contribution in [3.05, 3.63) is 58.7 Å². The molecular weight excluding hydrogens is 544 g/mol. The molecule has 0 amide bonds. The van der Waals surface area contributed by atoms with Crippen LogP contribution in [-0.2, 0) is 41.4 Å². The molecule has 4 unspecified atom stereocenters. The Bertz CT molecular complexity index is 1200. The number of esters is 2. The average molecular weight is 585 g/mol. The van der Waals surface area contributed by atoms with Crippen molar-refractivity contribution in [2.24, 2.45) is 0 Å². The van der Waals surface area contributed by atoms with E-state index < -0.39 is 24.1 Å². The van der Waals surface area contributed by atoms with Crippen LogP contribution in [0.25, 0.3) is 0 Å². The van der Waals surface area contributed by atoms with Crippen molar-refractivity contribution < 1.29 is 38.7 Å². The monoisotopic (exact) mass is 584 g/mol. The maximum absolute atomic E-state index is 12.9. The number of rotatable bonds is 12. The highest BCUT2D eigenvalue weighted by atomic mass is 16.6. The smallest absolute Gasteiger partial charge is 0.331 e. The van der Waals surface area contributed by atoms with Crippen molar-refractivity contribution in [3.8, 4) is 11.5 Å². The van der Waals surface area contributed by atoms with Gasteiger partial charge in [0.1, 0.15) is 23.7 Å². The van der Waals surface area contributed by atoms with Gasteiger partial charge in [0.2, 0.25) is 0 Å². The first-order valence-electron chi connectivity index (χ1n) is 14.0. The Labute approximate surface area is 245 Å². The van der Waals surface area contributed by atoms with E-state index in [1.165, 1.54) is 12.1 Å². The molecule has 12 heteroatoms. The second kappa shape index (κ2) is 14.4. The predicted molar refractivity (Wildman–Crippen MR) is 156 cm³/mol. The quantitative estimate of drug-likeness (QED) is 0.0699. The van der Waals surface area contributed by atoms with Crippen molar-refractivity contribution in [1.29, 1.82) is 0 Å². The van der Waals surface area contributed by atoms with Crippen molar-refractivity contribution in [3.63, 3.8) is 0 Å². The van der Waals surface area contributed by atoms with Gasteiger partial charge in [-0.05, 0) is 60.1 Å². The van der Waals surface area contributed by atoms with Crippen LogP contribution in [0.4, 0.5) is 11.4 Å². The molecule has 12 nitrogen and oxygen atoms in total. The minimum Gasteiger partial charge on any atom is -0.506 e. The zero-order chi connectivity index (χ0) is 30.2. The van der Waals surface area contributed by atoms with E-state index in [1.54, 1.807) is 26.4 Å². The molecule has 2 aliphatic carbocycles. The fourth-order valence-corrected chi connectivity index (χ4v) is 5.63. The summed E-state index contributed by atoms with van der Waals surface area (Å²) in [5.74, 6) is -1.52. The number of carbonyl (C=O) groups is 2.